The van der Waals surface area contributed by atoms with E-state index in [0.717, 1.165) is 3.57 Å². The molecule has 20 heavy (non-hydrogen) atoms. The lowest BCUT2D eigenvalue weighted by Crippen LogP contribution is -2.44. The number of halogens is 2. The van der Waals surface area contributed by atoms with Crippen LogP contribution in [0.4, 0.5) is 0 Å². The highest BCUT2D eigenvalue weighted by molar-refractivity contribution is 14.1. The van der Waals surface area contributed by atoms with Crippen molar-refractivity contribution in [3.8, 4) is 0 Å². The van der Waals surface area contributed by atoms with Gasteiger partial charge in [-0.3, -0.25) is 9.59 Å². The van der Waals surface area contributed by atoms with Crippen LogP contribution in [0.5, 0.6) is 0 Å². The molecule has 2 atom stereocenters. The second-order valence-corrected chi connectivity index (χ2v) is 6.19. The van der Waals surface area contributed by atoms with Gasteiger partial charge in [0, 0.05) is 15.6 Å². The van der Waals surface area contributed by atoms with Crippen molar-refractivity contribution in [2.45, 2.75) is 6.04 Å². The van der Waals surface area contributed by atoms with Crippen molar-refractivity contribution in [1.29, 1.82) is 0 Å². The van der Waals surface area contributed by atoms with Crippen LogP contribution in [-0.2, 0) is 9.53 Å². The van der Waals surface area contributed by atoms with Crippen molar-refractivity contribution in [3.05, 3.63) is 32.4 Å². The summed E-state index contributed by atoms with van der Waals surface area (Å²) in [6, 6.07) is 4.59. The molecule has 1 saturated heterocycles. The van der Waals surface area contributed by atoms with Gasteiger partial charge in [0.05, 0.1) is 24.8 Å². The second kappa shape index (κ2) is 6.28. The van der Waals surface area contributed by atoms with Crippen molar-refractivity contribution in [2.24, 2.45) is 5.92 Å². The maximum Gasteiger partial charge on any atom is 0.311 e. The van der Waals surface area contributed by atoms with Gasteiger partial charge in [-0.25, -0.2) is 0 Å². The summed E-state index contributed by atoms with van der Waals surface area (Å²) in [6.07, 6.45) is 0. The molecule has 1 heterocycles. The molecule has 1 aliphatic heterocycles. The van der Waals surface area contributed by atoms with E-state index in [1.807, 2.05) is 0 Å². The summed E-state index contributed by atoms with van der Waals surface area (Å²) in [5, 5.41) is 9.61. The molecule has 1 aromatic rings. The first kappa shape index (κ1) is 15.5. The van der Waals surface area contributed by atoms with Gasteiger partial charge in [-0.15, -0.1) is 0 Å². The van der Waals surface area contributed by atoms with Crippen LogP contribution in [0, 0.1) is 9.49 Å². The minimum absolute atomic E-state index is 0.129. The van der Waals surface area contributed by atoms with Crippen molar-refractivity contribution in [1.82, 2.24) is 4.90 Å². The normalized spacial score (nSPS) is 21.8. The van der Waals surface area contributed by atoms with Gasteiger partial charge in [-0.05, 0) is 40.8 Å². The van der Waals surface area contributed by atoms with E-state index in [4.69, 9.17) is 21.4 Å². The summed E-state index contributed by atoms with van der Waals surface area (Å²) in [5.41, 5.74) is 0.469. The number of ether oxygens (including phenoxy) is 1. The molecule has 2 unspecified atom stereocenters. The molecule has 1 amide bonds. The van der Waals surface area contributed by atoms with Gasteiger partial charge in [0.1, 0.15) is 5.92 Å². The molecule has 0 bridgehead atoms. The third-order valence-electron chi connectivity index (χ3n) is 3.34. The highest BCUT2D eigenvalue weighted by Crippen LogP contribution is 2.24. The monoisotopic (exact) mass is 409 g/mol. The van der Waals surface area contributed by atoms with E-state index in [1.165, 1.54) is 4.90 Å². The van der Waals surface area contributed by atoms with Crippen LogP contribution >= 0.6 is 34.2 Å². The number of carboxylic acid groups (broad SMARTS) is 1. The Labute approximate surface area is 135 Å². The van der Waals surface area contributed by atoms with E-state index in [1.54, 1.807) is 25.2 Å². The number of hydrogen-bond donors (Lipinski definition) is 1. The molecule has 2 rings (SSSR count). The standard InChI is InChI=1S/C13H13ClINO4/c1-16(11-6-20-5-9(11)13(18)19)12(17)8-4-7(14)2-3-10(8)15/h2-4,9,11H,5-6H2,1H3,(H,18,19). The molecule has 0 aliphatic carbocycles. The number of carbonyl (C=O) groups excluding carboxylic acids is 1. The SMILES string of the molecule is CN(C(=O)c1cc(Cl)ccc1I)C1COCC1C(=O)O. The van der Waals surface area contributed by atoms with Gasteiger partial charge in [-0.2, -0.15) is 0 Å². The Morgan fingerprint density at radius 2 is 2.15 bits per heavy atom. The van der Waals surface area contributed by atoms with Gasteiger partial charge in [0.15, 0.2) is 0 Å². The number of hydrogen-bond acceptors (Lipinski definition) is 3. The Hall–Kier alpha value is -0.860. The summed E-state index contributed by atoms with van der Waals surface area (Å²) in [4.78, 5) is 25.1. The number of rotatable bonds is 3. The van der Waals surface area contributed by atoms with Crippen LogP contribution in [0.15, 0.2) is 18.2 Å². The summed E-state index contributed by atoms with van der Waals surface area (Å²) in [7, 11) is 1.59. The second-order valence-electron chi connectivity index (χ2n) is 4.59. The van der Waals surface area contributed by atoms with E-state index in [0.29, 0.717) is 10.6 Å². The van der Waals surface area contributed by atoms with Crippen molar-refractivity contribution >= 4 is 46.1 Å². The zero-order chi connectivity index (χ0) is 14.9. The number of benzene rings is 1. The molecule has 1 fully saturated rings. The van der Waals surface area contributed by atoms with Crippen LogP contribution in [-0.4, -0.2) is 48.2 Å². The van der Waals surface area contributed by atoms with Crippen molar-refractivity contribution in [3.63, 3.8) is 0 Å². The van der Waals surface area contributed by atoms with E-state index in [9.17, 15) is 9.59 Å². The third kappa shape index (κ3) is 3.07. The fraction of sp³-hybridized carbons (Fsp3) is 0.385. The number of carboxylic acids is 1. The van der Waals surface area contributed by atoms with Gasteiger partial charge in [-0.1, -0.05) is 11.6 Å². The highest BCUT2D eigenvalue weighted by Gasteiger charge is 2.38. The maximum absolute atomic E-state index is 12.5. The Balaban J connectivity index is 2.24. The van der Waals surface area contributed by atoms with E-state index in [2.05, 4.69) is 22.6 Å². The molecule has 108 valence electrons. The van der Waals surface area contributed by atoms with Gasteiger partial charge in [0.25, 0.3) is 5.91 Å². The predicted molar refractivity (Wildman–Crippen MR) is 82.0 cm³/mol. The molecule has 0 spiro atoms. The summed E-state index contributed by atoms with van der Waals surface area (Å²) in [6.45, 7) is 0.362. The van der Waals surface area contributed by atoms with Gasteiger partial charge < -0.3 is 14.7 Å². The number of likely N-dealkylation sites (N-methyl/N-ethyl adjacent to an activating group) is 1. The van der Waals surface area contributed by atoms with Gasteiger partial charge >= 0.3 is 5.97 Å². The first-order valence-electron chi connectivity index (χ1n) is 5.94. The first-order chi connectivity index (χ1) is 9.41. The van der Waals surface area contributed by atoms with Crippen LogP contribution in [0.2, 0.25) is 5.02 Å². The topological polar surface area (TPSA) is 66.8 Å². The lowest BCUT2D eigenvalue weighted by atomic mass is 10.0. The Morgan fingerprint density at radius 3 is 2.80 bits per heavy atom. The van der Waals surface area contributed by atoms with Crippen LogP contribution in [0.25, 0.3) is 0 Å². The molecule has 0 aromatic heterocycles. The number of aliphatic carboxylic acids is 1. The van der Waals surface area contributed by atoms with Crippen molar-refractivity contribution in [2.75, 3.05) is 20.3 Å². The first-order valence-corrected chi connectivity index (χ1v) is 7.40. The maximum atomic E-state index is 12.5. The van der Waals surface area contributed by atoms with Crippen molar-refractivity contribution < 1.29 is 19.4 Å². The minimum atomic E-state index is -0.951. The lowest BCUT2D eigenvalue weighted by molar-refractivity contribution is -0.142. The number of carbonyl (C=O) groups is 2. The highest BCUT2D eigenvalue weighted by atomic mass is 127. The quantitative estimate of drug-likeness (QED) is 0.777. The van der Waals surface area contributed by atoms with Crippen LogP contribution < -0.4 is 0 Å². The average Bonchev–Trinajstić information content (AvgIpc) is 2.89. The zero-order valence-electron chi connectivity index (χ0n) is 10.7. The van der Waals surface area contributed by atoms with Crippen LogP contribution in [0.3, 0.4) is 0 Å². The average molecular weight is 410 g/mol. The number of amides is 1. The lowest BCUT2D eigenvalue weighted by Gasteiger charge is -2.26. The summed E-state index contributed by atoms with van der Waals surface area (Å²) >= 11 is 7.97. The predicted octanol–water partition coefficient (Wildman–Crippen LogP) is 2.12. The molecular weight excluding hydrogens is 397 g/mol. The third-order valence-corrected chi connectivity index (χ3v) is 4.52. The molecule has 1 aromatic carbocycles. The van der Waals surface area contributed by atoms with E-state index in [-0.39, 0.29) is 19.1 Å². The van der Waals surface area contributed by atoms with Gasteiger partial charge in [0.2, 0.25) is 0 Å². The summed E-state index contributed by atoms with van der Waals surface area (Å²) in [5.74, 6) is -1.90. The molecule has 0 saturated carbocycles. The Bertz CT molecular complexity index is 551. The van der Waals surface area contributed by atoms with Crippen LogP contribution in [0.1, 0.15) is 10.4 Å². The fourth-order valence-corrected chi connectivity index (χ4v) is 2.90. The smallest absolute Gasteiger partial charge is 0.311 e. The largest absolute Gasteiger partial charge is 0.481 e. The fourth-order valence-electron chi connectivity index (χ4n) is 2.16. The summed E-state index contributed by atoms with van der Waals surface area (Å²) < 4.78 is 5.96. The minimum Gasteiger partial charge on any atom is -0.481 e. The molecule has 0 radical (unpaired) electrons. The Kier molecular flexibility index (Phi) is 4.87. The molecular formula is C13H13ClINO4. The molecule has 1 N–H and O–H groups in total. The zero-order valence-corrected chi connectivity index (χ0v) is 13.6. The molecule has 5 nitrogen and oxygen atoms in total. The molecule has 7 heteroatoms. The number of nitrogens with zero attached hydrogens (tertiary/aromatic N) is 1. The van der Waals surface area contributed by atoms with E-state index >= 15 is 0 Å². The molecule has 1 aliphatic rings. The Morgan fingerprint density at radius 1 is 1.45 bits per heavy atom. The van der Waals surface area contributed by atoms with E-state index < -0.39 is 17.9 Å².